The molecule has 0 saturated heterocycles. The Hall–Kier alpha value is -3.87. The first-order chi connectivity index (χ1) is 14.3. The maximum Gasteiger partial charge on any atom is 0.337 e. The fourth-order valence-corrected chi connectivity index (χ4v) is 3.54. The number of hydrogen-bond acceptors (Lipinski definition) is 5. The van der Waals surface area contributed by atoms with E-state index in [1.54, 1.807) is 30.3 Å². The molecule has 2 aromatic carbocycles. The van der Waals surface area contributed by atoms with Gasteiger partial charge in [-0.15, -0.1) is 0 Å². The smallest absolute Gasteiger partial charge is 0.337 e. The van der Waals surface area contributed by atoms with Crippen molar-refractivity contribution in [2.24, 2.45) is 0 Å². The molecule has 0 bridgehead atoms. The van der Waals surface area contributed by atoms with Crippen LogP contribution in [0, 0.1) is 13.8 Å². The van der Waals surface area contributed by atoms with Crippen molar-refractivity contribution in [2.45, 2.75) is 26.8 Å². The number of H-pyrrole nitrogens is 1. The molecule has 4 rings (SSSR count). The summed E-state index contributed by atoms with van der Waals surface area (Å²) in [6.07, 6.45) is 0. The summed E-state index contributed by atoms with van der Waals surface area (Å²) < 4.78 is 6.14. The van der Waals surface area contributed by atoms with Crippen LogP contribution in [0.2, 0.25) is 0 Å². The van der Waals surface area contributed by atoms with Crippen molar-refractivity contribution < 1.29 is 14.3 Å². The van der Waals surface area contributed by atoms with Crippen LogP contribution < -0.4 is 10.7 Å². The van der Waals surface area contributed by atoms with E-state index in [1.165, 1.54) is 6.07 Å². The molecular weight excluding hydrogens is 382 g/mol. The van der Waals surface area contributed by atoms with Crippen LogP contribution in [0.4, 0.5) is 5.69 Å². The van der Waals surface area contributed by atoms with Crippen LogP contribution in [0.25, 0.3) is 22.4 Å². The van der Waals surface area contributed by atoms with Crippen LogP contribution in [-0.2, 0) is 0 Å². The highest BCUT2D eigenvalue weighted by Gasteiger charge is 2.18. The average Bonchev–Trinajstić information content (AvgIpc) is 3.14. The Morgan fingerprint density at radius 3 is 2.63 bits per heavy atom. The summed E-state index contributed by atoms with van der Waals surface area (Å²) in [6.45, 7) is 5.66. The van der Waals surface area contributed by atoms with E-state index in [-0.39, 0.29) is 17.0 Å². The van der Waals surface area contributed by atoms with Gasteiger partial charge in [0.1, 0.15) is 11.3 Å². The number of carbonyl (C=O) groups is 1. The Kier molecular flexibility index (Phi) is 4.87. The van der Waals surface area contributed by atoms with E-state index >= 15 is 0 Å². The van der Waals surface area contributed by atoms with Gasteiger partial charge in [-0.1, -0.05) is 18.2 Å². The molecule has 2 heterocycles. The average molecular weight is 403 g/mol. The third-order valence-corrected chi connectivity index (χ3v) is 4.97. The van der Waals surface area contributed by atoms with Gasteiger partial charge in [-0.05, 0) is 50.6 Å². The molecule has 7 nitrogen and oxygen atoms in total. The minimum atomic E-state index is -1.01. The van der Waals surface area contributed by atoms with Gasteiger partial charge in [0.25, 0.3) is 0 Å². The normalized spacial score (nSPS) is 12.1. The molecule has 1 atom stereocenters. The summed E-state index contributed by atoms with van der Waals surface area (Å²) in [7, 11) is 0. The zero-order chi connectivity index (χ0) is 21.4. The zero-order valence-corrected chi connectivity index (χ0v) is 16.8. The molecule has 0 amide bonds. The lowest BCUT2D eigenvalue weighted by Gasteiger charge is -2.19. The minimum absolute atomic E-state index is 0.151. The van der Waals surface area contributed by atoms with Crippen LogP contribution >= 0.6 is 0 Å². The molecule has 0 aliphatic heterocycles. The number of rotatable bonds is 5. The third-order valence-electron chi connectivity index (χ3n) is 4.97. The zero-order valence-electron chi connectivity index (χ0n) is 16.8. The van der Waals surface area contributed by atoms with E-state index in [0.29, 0.717) is 28.1 Å². The standard InChI is InChI=1S/C23H21N3O4/c1-12-8-16(14(3)24-18-7-5-4-6-15(18)23(28)29)22-17(9-12)20(27)11-21(30-22)19-10-13(2)25-26-19/h4-11,14,24H,1-3H3,(H,25,26)(H,28,29). The lowest BCUT2D eigenvalue weighted by Crippen LogP contribution is -2.12. The molecule has 0 aliphatic carbocycles. The van der Waals surface area contributed by atoms with E-state index in [4.69, 9.17) is 4.42 Å². The first kappa shape index (κ1) is 19.4. The number of aromatic nitrogens is 2. The molecule has 7 heteroatoms. The number of carboxylic acids is 1. The SMILES string of the molecule is Cc1cc(C(C)Nc2ccccc2C(=O)O)c2oc(-c3cc(C)n[nH]3)cc(=O)c2c1. The molecule has 3 N–H and O–H groups in total. The summed E-state index contributed by atoms with van der Waals surface area (Å²) in [6, 6.07) is 13.4. The third kappa shape index (κ3) is 3.57. The number of fused-ring (bicyclic) bond motifs is 1. The number of carboxylic acid groups (broad SMARTS) is 1. The summed E-state index contributed by atoms with van der Waals surface area (Å²) in [5.41, 5.74) is 4.07. The maximum atomic E-state index is 12.8. The summed E-state index contributed by atoms with van der Waals surface area (Å²) in [4.78, 5) is 24.4. The quantitative estimate of drug-likeness (QED) is 0.447. The second-order valence-corrected chi connectivity index (χ2v) is 7.35. The van der Waals surface area contributed by atoms with Gasteiger partial charge in [-0.25, -0.2) is 4.79 Å². The number of nitrogens with one attached hydrogen (secondary N) is 2. The van der Waals surface area contributed by atoms with Gasteiger partial charge in [-0.3, -0.25) is 9.89 Å². The number of aryl methyl sites for hydroxylation is 2. The van der Waals surface area contributed by atoms with Gasteiger partial charge >= 0.3 is 5.97 Å². The van der Waals surface area contributed by atoms with Gasteiger partial charge in [-0.2, -0.15) is 5.10 Å². The molecule has 0 spiro atoms. The van der Waals surface area contributed by atoms with Crippen LogP contribution in [0.3, 0.4) is 0 Å². The molecule has 152 valence electrons. The highest BCUT2D eigenvalue weighted by atomic mass is 16.4. The van der Waals surface area contributed by atoms with Crippen LogP contribution in [0.1, 0.15) is 40.1 Å². The molecule has 2 aromatic heterocycles. The summed E-state index contributed by atoms with van der Waals surface area (Å²) in [5.74, 6) is -0.612. The van der Waals surface area contributed by atoms with E-state index in [0.717, 1.165) is 16.8 Å². The summed E-state index contributed by atoms with van der Waals surface area (Å²) in [5, 5.41) is 20.2. The van der Waals surface area contributed by atoms with Crippen molar-refractivity contribution >= 4 is 22.6 Å². The first-order valence-electron chi connectivity index (χ1n) is 9.53. The molecule has 4 aromatic rings. The van der Waals surface area contributed by atoms with Crippen molar-refractivity contribution in [3.05, 3.63) is 81.1 Å². The molecular formula is C23H21N3O4. The predicted octanol–water partition coefficient (Wildman–Crippen LogP) is 4.67. The van der Waals surface area contributed by atoms with Crippen molar-refractivity contribution in [3.63, 3.8) is 0 Å². The second-order valence-electron chi connectivity index (χ2n) is 7.35. The number of aromatic carboxylic acids is 1. The topological polar surface area (TPSA) is 108 Å². The molecule has 0 radical (unpaired) electrons. The number of aromatic amines is 1. The fourth-order valence-electron chi connectivity index (χ4n) is 3.54. The largest absolute Gasteiger partial charge is 0.478 e. The minimum Gasteiger partial charge on any atom is -0.478 e. The van der Waals surface area contributed by atoms with Crippen molar-refractivity contribution in [3.8, 4) is 11.5 Å². The molecule has 0 aliphatic rings. The van der Waals surface area contributed by atoms with Gasteiger partial charge in [0.2, 0.25) is 0 Å². The van der Waals surface area contributed by atoms with Crippen LogP contribution in [0.5, 0.6) is 0 Å². The van der Waals surface area contributed by atoms with E-state index in [1.807, 2.05) is 32.9 Å². The Balaban J connectivity index is 1.84. The number of benzene rings is 2. The predicted molar refractivity (Wildman–Crippen MR) is 115 cm³/mol. The second kappa shape index (κ2) is 7.51. The lowest BCUT2D eigenvalue weighted by molar-refractivity contribution is 0.0698. The summed E-state index contributed by atoms with van der Waals surface area (Å²) >= 11 is 0. The fraction of sp³-hybridized carbons (Fsp3) is 0.174. The maximum absolute atomic E-state index is 12.8. The van der Waals surface area contributed by atoms with Gasteiger partial charge in [0.15, 0.2) is 11.2 Å². The monoisotopic (exact) mass is 403 g/mol. The number of anilines is 1. The molecule has 0 saturated carbocycles. The number of nitrogens with zero attached hydrogens (tertiary/aromatic N) is 1. The van der Waals surface area contributed by atoms with E-state index in [9.17, 15) is 14.7 Å². The van der Waals surface area contributed by atoms with E-state index in [2.05, 4.69) is 15.5 Å². The lowest BCUT2D eigenvalue weighted by atomic mass is 10.0. The molecule has 30 heavy (non-hydrogen) atoms. The Bertz CT molecular complexity index is 1320. The number of para-hydroxylation sites is 1. The van der Waals surface area contributed by atoms with Gasteiger partial charge in [0.05, 0.1) is 22.7 Å². The Morgan fingerprint density at radius 1 is 1.17 bits per heavy atom. The van der Waals surface area contributed by atoms with Crippen molar-refractivity contribution in [1.82, 2.24) is 10.2 Å². The molecule has 0 fully saturated rings. The first-order valence-corrected chi connectivity index (χ1v) is 9.53. The van der Waals surface area contributed by atoms with Gasteiger partial charge < -0.3 is 14.8 Å². The Morgan fingerprint density at radius 2 is 1.93 bits per heavy atom. The van der Waals surface area contributed by atoms with E-state index < -0.39 is 5.97 Å². The van der Waals surface area contributed by atoms with Crippen LogP contribution in [-0.4, -0.2) is 21.3 Å². The van der Waals surface area contributed by atoms with Crippen molar-refractivity contribution in [2.75, 3.05) is 5.32 Å². The van der Waals surface area contributed by atoms with Crippen LogP contribution in [0.15, 0.2) is 57.7 Å². The van der Waals surface area contributed by atoms with Gasteiger partial charge in [0, 0.05) is 17.3 Å². The highest BCUT2D eigenvalue weighted by molar-refractivity contribution is 5.94. The number of hydrogen-bond donors (Lipinski definition) is 3. The Labute approximate surface area is 172 Å². The highest BCUT2D eigenvalue weighted by Crippen LogP contribution is 2.31. The molecule has 1 unspecified atom stereocenters. The van der Waals surface area contributed by atoms with Crippen molar-refractivity contribution in [1.29, 1.82) is 0 Å².